The lowest BCUT2D eigenvalue weighted by atomic mass is 10.3. The molecule has 1 N–H and O–H groups in total. The summed E-state index contributed by atoms with van der Waals surface area (Å²) in [6, 6.07) is 15.2. The Morgan fingerprint density at radius 3 is 2.67 bits per heavy atom. The van der Waals surface area contributed by atoms with Gasteiger partial charge in [0.2, 0.25) is 5.91 Å². The molecule has 30 heavy (non-hydrogen) atoms. The first kappa shape index (κ1) is 22.0. The molecule has 0 radical (unpaired) electrons. The summed E-state index contributed by atoms with van der Waals surface area (Å²) in [5, 5.41) is 12.1. The molecule has 0 aliphatic rings. The van der Waals surface area contributed by atoms with Crippen LogP contribution < -0.4 is 14.8 Å². The Labute approximate surface area is 184 Å². The summed E-state index contributed by atoms with van der Waals surface area (Å²) in [7, 11) is 1.61. The van der Waals surface area contributed by atoms with E-state index in [0.717, 1.165) is 10.6 Å². The lowest BCUT2D eigenvalue weighted by Gasteiger charge is -2.11. The number of para-hydroxylation sites is 2. The lowest BCUT2D eigenvalue weighted by molar-refractivity contribution is -0.113. The van der Waals surface area contributed by atoms with E-state index in [1.54, 1.807) is 18.9 Å². The van der Waals surface area contributed by atoms with E-state index in [2.05, 4.69) is 15.5 Å². The van der Waals surface area contributed by atoms with E-state index < -0.39 is 0 Å². The van der Waals surface area contributed by atoms with Crippen LogP contribution in [0.2, 0.25) is 0 Å². The zero-order chi connectivity index (χ0) is 21.3. The number of anilines is 1. The van der Waals surface area contributed by atoms with Crippen LogP contribution in [-0.2, 0) is 17.9 Å². The van der Waals surface area contributed by atoms with Crippen molar-refractivity contribution in [2.75, 3.05) is 24.4 Å². The molecule has 0 fully saturated rings. The van der Waals surface area contributed by atoms with Crippen LogP contribution >= 0.6 is 23.5 Å². The van der Waals surface area contributed by atoms with Gasteiger partial charge < -0.3 is 19.4 Å². The smallest absolute Gasteiger partial charge is 0.234 e. The predicted molar refractivity (Wildman–Crippen MR) is 121 cm³/mol. The first-order chi connectivity index (χ1) is 14.6. The van der Waals surface area contributed by atoms with Gasteiger partial charge in [0, 0.05) is 17.1 Å². The predicted octanol–water partition coefficient (Wildman–Crippen LogP) is 4.34. The third kappa shape index (κ3) is 5.70. The van der Waals surface area contributed by atoms with Crippen LogP contribution in [0.5, 0.6) is 11.5 Å². The molecule has 3 rings (SSSR count). The van der Waals surface area contributed by atoms with Gasteiger partial charge in [-0.05, 0) is 43.5 Å². The first-order valence-electron chi connectivity index (χ1n) is 9.39. The lowest BCUT2D eigenvalue weighted by Crippen LogP contribution is -2.15. The number of methoxy groups -OCH3 is 1. The Kier molecular flexibility index (Phi) is 8.04. The zero-order valence-corrected chi connectivity index (χ0v) is 18.8. The highest BCUT2D eigenvalue weighted by molar-refractivity contribution is 7.99. The number of aromatic nitrogens is 3. The summed E-state index contributed by atoms with van der Waals surface area (Å²) in [4.78, 5) is 13.4. The van der Waals surface area contributed by atoms with Crippen molar-refractivity contribution in [2.45, 2.75) is 30.1 Å². The molecule has 7 nitrogen and oxygen atoms in total. The number of carbonyl (C=O) groups excluding carboxylic acids is 1. The Morgan fingerprint density at radius 2 is 1.93 bits per heavy atom. The van der Waals surface area contributed by atoms with E-state index in [9.17, 15) is 4.79 Å². The summed E-state index contributed by atoms with van der Waals surface area (Å²) in [6.45, 7) is 2.95. The second kappa shape index (κ2) is 10.9. The molecule has 0 aliphatic carbocycles. The second-order valence-corrected chi connectivity index (χ2v) is 7.97. The normalized spacial score (nSPS) is 10.6. The number of nitrogens with one attached hydrogen (secondary N) is 1. The number of amides is 1. The summed E-state index contributed by atoms with van der Waals surface area (Å²) in [6.07, 6.45) is 2.00. The van der Waals surface area contributed by atoms with Crippen LogP contribution in [0.3, 0.4) is 0 Å². The Hall–Kier alpha value is -2.65. The molecule has 1 amide bonds. The van der Waals surface area contributed by atoms with E-state index in [1.807, 2.05) is 66.3 Å². The van der Waals surface area contributed by atoms with Crippen molar-refractivity contribution >= 4 is 35.1 Å². The minimum atomic E-state index is -0.0873. The van der Waals surface area contributed by atoms with E-state index in [0.29, 0.717) is 29.0 Å². The average Bonchev–Trinajstić information content (AvgIpc) is 3.18. The maximum absolute atomic E-state index is 12.3. The Balaban J connectivity index is 1.59. The molecule has 0 atom stereocenters. The van der Waals surface area contributed by atoms with Crippen molar-refractivity contribution in [3.05, 3.63) is 54.4 Å². The fourth-order valence-corrected chi connectivity index (χ4v) is 4.04. The van der Waals surface area contributed by atoms with Gasteiger partial charge in [0.1, 0.15) is 6.61 Å². The fourth-order valence-electron chi connectivity index (χ4n) is 2.76. The van der Waals surface area contributed by atoms with Gasteiger partial charge >= 0.3 is 0 Å². The molecule has 158 valence electrons. The molecule has 0 aliphatic heterocycles. The minimum Gasteiger partial charge on any atom is -0.493 e. The zero-order valence-electron chi connectivity index (χ0n) is 17.1. The standard InChI is InChI=1S/C21H24N4O3S2/c1-4-25-19(13-28-18-11-6-5-10-17(18)27-2)23-24-21(25)30-14-20(26)22-15-8-7-9-16(12-15)29-3/h5-12H,4,13-14H2,1-3H3,(H,22,26). The number of thioether (sulfide) groups is 2. The highest BCUT2D eigenvalue weighted by Crippen LogP contribution is 2.27. The van der Waals surface area contributed by atoms with Gasteiger partial charge in [0.15, 0.2) is 22.5 Å². The van der Waals surface area contributed by atoms with Crippen molar-refractivity contribution < 1.29 is 14.3 Å². The molecule has 1 heterocycles. The van der Waals surface area contributed by atoms with E-state index >= 15 is 0 Å². The summed E-state index contributed by atoms with van der Waals surface area (Å²) in [5.41, 5.74) is 0.787. The summed E-state index contributed by atoms with van der Waals surface area (Å²) < 4.78 is 13.1. The van der Waals surface area contributed by atoms with Crippen molar-refractivity contribution in [1.29, 1.82) is 0 Å². The molecule has 1 aromatic heterocycles. The Bertz CT molecular complexity index is 994. The van der Waals surface area contributed by atoms with Crippen molar-refractivity contribution in [3.63, 3.8) is 0 Å². The molecule has 0 saturated heterocycles. The third-order valence-electron chi connectivity index (χ3n) is 4.22. The summed E-state index contributed by atoms with van der Waals surface area (Å²) >= 11 is 2.99. The highest BCUT2D eigenvalue weighted by Gasteiger charge is 2.14. The van der Waals surface area contributed by atoms with Crippen molar-refractivity contribution in [3.8, 4) is 11.5 Å². The van der Waals surface area contributed by atoms with Crippen LogP contribution in [0.1, 0.15) is 12.7 Å². The van der Waals surface area contributed by atoms with Gasteiger partial charge in [0.25, 0.3) is 0 Å². The van der Waals surface area contributed by atoms with E-state index in [4.69, 9.17) is 9.47 Å². The number of hydrogen-bond acceptors (Lipinski definition) is 7. The highest BCUT2D eigenvalue weighted by atomic mass is 32.2. The molecule has 2 aromatic carbocycles. The van der Waals surface area contributed by atoms with E-state index in [-0.39, 0.29) is 18.3 Å². The first-order valence-corrected chi connectivity index (χ1v) is 11.6. The maximum Gasteiger partial charge on any atom is 0.234 e. The Morgan fingerprint density at radius 1 is 1.13 bits per heavy atom. The van der Waals surface area contributed by atoms with Gasteiger partial charge in [-0.15, -0.1) is 22.0 Å². The third-order valence-corrected chi connectivity index (χ3v) is 5.91. The molecule has 0 spiro atoms. The van der Waals surface area contributed by atoms with Crippen molar-refractivity contribution in [2.24, 2.45) is 0 Å². The van der Waals surface area contributed by atoms with Gasteiger partial charge in [-0.3, -0.25) is 4.79 Å². The molecular weight excluding hydrogens is 420 g/mol. The average molecular weight is 445 g/mol. The van der Waals surface area contributed by atoms with Crippen LogP contribution in [-0.4, -0.2) is 39.8 Å². The van der Waals surface area contributed by atoms with Crippen LogP contribution in [0.4, 0.5) is 5.69 Å². The number of hydrogen-bond donors (Lipinski definition) is 1. The molecular formula is C21H24N4O3S2. The van der Waals surface area contributed by atoms with Crippen LogP contribution in [0.25, 0.3) is 0 Å². The van der Waals surface area contributed by atoms with Crippen molar-refractivity contribution in [1.82, 2.24) is 14.8 Å². The number of ether oxygens (including phenoxy) is 2. The van der Waals surface area contributed by atoms with Crippen LogP contribution in [0.15, 0.2) is 58.6 Å². The molecule has 0 saturated carbocycles. The van der Waals surface area contributed by atoms with Crippen LogP contribution in [0, 0.1) is 0 Å². The number of carbonyl (C=O) groups is 1. The van der Waals surface area contributed by atoms with Gasteiger partial charge in [-0.2, -0.15) is 0 Å². The largest absolute Gasteiger partial charge is 0.493 e. The quantitative estimate of drug-likeness (QED) is 0.466. The minimum absolute atomic E-state index is 0.0873. The van der Waals surface area contributed by atoms with Gasteiger partial charge in [-0.25, -0.2) is 0 Å². The number of nitrogens with zero attached hydrogens (tertiary/aromatic N) is 3. The molecule has 3 aromatic rings. The molecule has 0 unspecified atom stereocenters. The fraction of sp³-hybridized carbons (Fsp3) is 0.286. The number of rotatable bonds is 10. The topological polar surface area (TPSA) is 78.3 Å². The summed E-state index contributed by atoms with van der Waals surface area (Å²) in [5.74, 6) is 2.16. The molecule has 0 bridgehead atoms. The SMILES string of the molecule is CCn1c(COc2ccccc2OC)nnc1SCC(=O)Nc1cccc(SC)c1. The maximum atomic E-state index is 12.3. The monoisotopic (exact) mass is 444 g/mol. The second-order valence-electron chi connectivity index (χ2n) is 6.15. The molecule has 9 heteroatoms. The van der Waals surface area contributed by atoms with E-state index in [1.165, 1.54) is 11.8 Å². The van der Waals surface area contributed by atoms with Gasteiger partial charge in [-0.1, -0.05) is 30.0 Å². The number of benzene rings is 2. The van der Waals surface area contributed by atoms with Gasteiger partial charge in [0.05, 0.1) is 12.9 Å².